The van der Waals surface area contributed by atoms with Gasteiger partial charge in [0.1, 0.15) is 11.5 Å². The normalized spacial score (nSPS) is 10.1. The fourth-order valence-corrected chi connectivity index (χ4v) is 1.72. The van der Waals surface area contributed by atoms with E-state index in [1.165, 1.54) is 7.69 Å². The highest BCUT2D eigenvalue weighted by molar-refractivity contribution is 6.20. The number of hydrogen-bond donors (Lipinski definition) is 0. The first kappa shape index (κ1) is 13.4. The molecule has 2 aromatic rings. The zero-order valence-corrected chi connectivity index (χ0v) is 11.6. The molecular weight excluding hydrogens is 239 g/mol. The lowest BCUT2D eigenvalue weighted by atomic mass is 10.2. The van der Waals surface area contributed by atoms with E-state index < -0.39 is 0 Å². The van der Waals surface area contributed by atoms with Gasteiger partial charge in [0.05, 0.1) is 11.4 Å². The van der Waals surface area contributed by atoms with E-state index >= 15 is 0 Å². The van der Waals surface area contributed by atoms with Crippen LogP contribution in [0.4, 0.5) is 0 Å². The summed E-state index contributed by atoms with van der Waals surface area (Å²) in [4.78, 5) is 8.63. The van der Waals surface area contributed by atoms with E-state index in [0.717, 1.165) is 22.8 Å². The second kappa shape index (κ2) is 5.74. The highest BCUT2D eigenvalue weighted by atomic mass is 16.6. The van der Waals surface area contributed by atoms with Crippen molar-refractivity contribution in [2.45, 2.75) is 27.7 Å². The Hall–Kier alpha value is -2.04. The molecule has 0 aliphatic carbocycles. The number of nitrogens with zero attached hydrogens (tertiary/aromatic N) is 2. The van der Waals surface area contributed by atoms with Gasteiger partial charge in [0.25, 0.3) is 0 Å². The van der Waals surface area contributed by atoms with Crippen molar-refractivity contribution in [2.75, 3.05) is 0 Å². The lowest BCUT2D eigenvalue weighted by Crippen LogP contribution is -2.13. The molecular formula is C14H16BN2O2. The smallest absolute Gasteiger partial charge is 0.525 e. The summed E-state index contributed by atoms with van der Waals surface area (Å²) in [6.07, 6.45) is 0. The molecule has 0 fully saturated rings. The maximum Gasteiger partial charge on any atom is 0.658 e. The van der Waals surface area contributed by atoms with Crippen molar-refractivity contribution in [1.29, 1.82) is 0 Å². The zero-order chi connectivity index (χ0) is 13.8. The molecule has 0 saturated carbocycles. The standard InChI is InChI=1S/C14H16BN2O2/c1-9-5-7-13(11(3)16-9)18-15-19-14-8-6-10(2)17-12(14)4/h5-8H,1-4H3. The first-order chi connectivity index (χ1) is 9.06. The summed E-state index contributed by atoms with van der Waals surface area (Å²) in [5, 5.41) is 0. The van der Waals surface area contributed by atoms with Gasteiger partial charge in [0.15, 0.2) is 0 Å². The Kier molecular flexibility index (Phi) is 4.05. The van der Waals surface area contributed by atoms with Gasteiger partial charge in [0, 0.05) is 11.4 Å². The summed E-state index contributed by atoms with van der Waals surface area (Å²) in [5.74, 6) is 1.37. The molecule has 2 rings (SSSR count). The number of aryl methyl sites for hydroxylation is 4. The molecule has 0 atom stereocenters. The largest absolute Gasteiger partial charge is 0.658 e. The SMILES string of the molecule is Cc1ccc(O[B]Oc2ccc(C)nc2C)c(C)n1. The Morgan fingerprint density at radius 2 is 1.16 bits per heavy atom. The minimum Gasteiger partial charge on any atom is -0.525 e. The van der Waals surface area contributed by atoms with E-state index in [2.05, 4.69) is 9.97 Å². The summed E-state index contributed by atoms with van der Waals surface area (Å²) in [5.41, 5.74) is 3.59. The van der Waals surface area contributed by atoms with Crippen molar-refractivity contribution in [2.24, 2.45) is 0 Å². The highest BCUT2D eigenvalue weighted by Gasteiger charge is 2.07. The molecule has 4 nitrogen and oxygen atoms in total. The van der Waals surface area contributed by atoms with Crippen LogP contribution in [0, 0.1) is 27.7 Å². The fourth-order valence-electron chi connectivity index (χ4n) is 1.72. The summed E-state index contributed by atoms with van der Waals surface area (Å²) in [7, 11) is 1.30. The maximum absolute atomic E-state index is 5.44. The molecule has 97 valence electrons. The number of hydrogen-bond acceptors (Lipinski definition) is 4. The lowest BCUT2D eigenvalue weighted by molar-refractivity contribution is 0.451. The van der Waals surface area contributed by atoms with E-state index in [-0.39, 0.29) is 0 Å². The van der Waals surface area contributed by atoms with Crippen molar-refractivity contribution in [3.63, 3.8) is 0 Å². The molecule has 1 radical (unpaired) electrons. The molecule has 0 amide bonds. The number of pyridine rings is 2. The van der Waals surface area contributed by atoms with Gasteiger partial charge in [-0.25, -0.2) is 0 Å². The molecule has 19 heavy (non-hydrogen) atoms. The van der Waals surface area contributed by atoms with Gasteiger partial charge < -0.3 is 9.31 Å². The molecule has 5 heteroatoms. The van der Waals surface area contributed by atoms with Crippen LogP contribution >= 0.6 is 0 Å². The third kappa shape index (κ3) is 3.47. The monoisotopic (exact) mass is 255 g/mol. The average Bonchev–Trinajstić information content (AvgIpc) is 2.34. The highest BCUT2D eigenvalue weighted by Crippen LogP contribution is 2.17. The molecule has 0 aliphatic heterocycles. The van der Waals surface area contributed by atoms with E-state index in [9.17, 15) is 0 Å². The zero-order valence-electron chi connectivity index (χ0n) is 11.6. The average molecular weight is 255 g/mol. The molecule has 0 N–H and O–H groups in total. The second-order valence-corrected chi connectivity index (χ2v) is 4.40. The van der Waals surface area contributed by atoms with Crippen molar-refractivity contribution in [3.8, 4) is 11.5 Å². The predicted molar refractivity (Wildman–Crippen MR) is 74.4 cm³/mol. The topological polar surface area (TPSA) is 44.2 Å². The molecule has 2 heterocycles. The predicted octanol–water partition coefficient (Wildman–Crippen LogP) is 2.70. The van der Waals surface area contributed by atoms with Crippen LogP contribution < -0.4 is 9.31 Å². The Morgan fingerprint density at radius 3 is 1.53 bits per heavy atom. The lowest BCUT2D eigenvalue weighted by Gasteiger charge is -2.10. The van der Waals surface area contributed by atoms with Crippen molar-refractivity contribution in [3.05, 3.63) is 47.0 Å². The summed E-state index contributed by atoms with van der Waals surface area (Å²) >= 11 is 0. The number of aromatic nitrogens is 2. The van der Waals surface area contributed by atoms with Gasteiger partial charge in [-0.2, -0.15) is 0 Å². The Balaban J connectivity index is 1.96. The maximum atomic E-state index is 5.44. The fraction of sp³-hybridized carbons (Fsp3) is 0.286. The van der Waals surface area contributed by atoms with Crippen LogP contribution in [0.3, 0.4) is 0 Å². The summed E-state index contributed by atoms with van der Waals surface area (Å²) in [6.45, 7) is 7.68. The number of rotatable bonds is 4. The van der Waals surface area contributed by atoms with E-state index in [4.69, 9.17) is 9.31 Å². The molecule has 0 bridgehead atoms. The molecule has 0 spiro atoms. The van der Waals surface area contributed by atoms with Crippen molar-refractivity contribution < 1.29 is 9.31 Å². The Bertz CT molecular complexity index is 536. The van der Waals surface area contributed by atoms with Crippen LogP contribution in [0.25, 0.3) is 0 Å². The van der Waals surface area contributed by atoms with Gasteiger partial charge in [0.2, 0.25) is 0 Å². The van der Waals surface area contributed by atoms with E-state index in [0.29, 0.717) is 11.5 Å². The van der Waals surface area contributed by atoms with Gasteiger partial charge in [-0.1, -0.05) is 0 Å². The van der Waals surface area contributed by atoms with Crippen LogP contribution in [0.5, 0.6) is 11.5 Å². The minimum absolute atomic E-state index is 0.684. The second-order valence-electron chi connectivity index (χ2n) is 4.40. The van der Waals surface area contributed by atoms with Crippen LogP contribution in [-0.2, 0) is 0 Å². The molecule has 0 unspecified atom stereocenters. The van der Waals surface area contributed by atoms with Gasteiger partial charge in [-0.15, -0.1) is 0 Å². The minimum atomic E-state index is 0.684. The van der Waals surface area contributed by atoms with Crippen LogP contribution in [0.2, 0.25) is 0 Å². The molecule has 0 aromatic carbocycles. The van der Waals surface area contributed by atoms with Gasteiger partial charge in [-0.05, 0) is 52.0 Å². The third-order valence-electron chi connectivity index (χ3n) is 2.70. The molecule has 0 aliphatic rings. The first-order valence-electron chi connectivity index (χ1n) is 6.10. The molecule has 0 saturated heterocycles. The van der Waals surface area contributed by atoms with Gasteiger partial charge >= 0.3 is 7.69 Å². The van der Waals surface area contributed by atoms with Crippen LogP contribution in [0.15, 0.2) is 24.3 Å². The summed E-state index contributed by atoms with van der Waals surface area (Å²) in [6, 6.07) is 7.54. The Labute approximate surface area is 114 Å². The van der Waals surface area contributed by atoms with Gasteiger partial charge in [-0.3, -0.25) is 9.97 Å². The van der Waals surface area contributed by atoms with Crippen molar-refractivity contribution >= 4 is 7.69 Å². The first-order valence-corrected chi connectivity index (χ1v) is 6.10. The third-order valence-corrected chi connectivity index (χ3v) is 2.70. The van der Waals surface area contributed by atoms with E-state index in [1.807, 2.05) is 52.0 Å². The quantitative estimate of drug-likeness (QED) is 0.788. The Morgan fingerprint density at radius 1 is 0.737 bits per heavy atom. The summed E-state index contributed by atoms with van der Waals surface area (Å²) < 4.78 is 10.9. The van der Waals surface area contributed by atoms with Crippen LogP contribution in [-0.4, -0.2) is 17.7 Å². The molecule has 2 aromatic heterocycles. The van der Waals surface area contributed by atoms with Crippen molar-refractivity contribution in [1.82, 2.24) is 9.97 Å². The van der Waals surface area contributed by atoms with Crippen LogP contribution in [0.1, 0.15) is 22.8 Å². The van der Waals surface area contributed by atoms with E-state index in [1.54, 1.807) is 0 Å².